The van der Waals surface area contributed by atoms with E-state index < -0.39 is 0 Å². The maximum Gasteiger partial charge on any atom is 0.123 e. The Balaban J connectivity index is 2.21. The largest absolute Gasteiger partial charge is 0.489 e. The summed E-state index contributed by atoms with van der Waals surface area (Å²) in [4.78, 5) is 0.566. The van der Waals surface area contributed by atoms with Gasteiger partial charge in [-0.2, -0.15) is 0 Å². The second kappa shape index (κ2) is 4.56. The number of ether oxygens (including phenoxy) is 1. The van der Waals surface area contributed by atoms with Gasteiger partial charge < -0.3 is 4.74 Å². The van der Waals surface area contributed by atoms with E-state index in [0.29, 0.717) is 10.9 Å². The number of para-hydroxylation sites is 1. The summed E-state index contributed by atoms with van der Waals surface area (Å²) < 4.78 is 6.26. The van der Waals surface area contributed by atoms with Crippen molar-refractivity contribution in [2.45, 2.75) is 57.4 Å². The summed E-state index contributed by atoms with van der Waals surface area (Å²) in [5.41, 5.74) is 1.63. The normalized spacial score (nSPS) is 26.6. The van der Waals surface area contributed by atoms with E-state index in [-0.39, 0.29) is 10.8 Å². The molecule has 0 N–H and O–H groups in total. The van der Waals surface area contributed by atoms with Crippen molar-refractivity contribution in [3.05, 3.63) is 29.8 Å². The van der Waals surface area contributed by atoms with Crippen LogP contribution in [0.15, 0.2) is 24.3 Å². The summed E-state index contributed by atoms with van der Waals surface area (Å²) in [6.07, 6.45) is 1.40. The minimum atomic E-state index is 0.123. The van der Waals surface area contributed by atoms with E-state index in [9.17, 15) is 0 Å². The van der Waals surface area contributed by atoms with Gasteiger partial charge >= 0.3 is 0 Å². The van der Waals surface area contributed by atoms with E-state index in [1.807, 2.05) is 0 Å². The van der Waals surface area contributed by atoms with Gasteiger partial charge in [0.05, 0.1) is 0 Å². The predicted octanol–water partition coefficient (Wildman–Crippen LogP) is 4.92. The Bertz CT molecular complexity index is 431. The zero-order valence-electron chi connectivity index (χ0n) is 12.0. The Labute approximate surface area is 119 Å². The Morgan fingerprint density at radius 1 is 1.22 bits per heavy atom. The van der Waals surface area contributed by atoms with Crippen LogP contribution in [0.3, 0.4) is 0 Å². The number of rotatable bonds is 2. The number of halogens is 1. The first-order valence-corrected chi connectivity index (χ1v) is 7.54. The molecule has 1 aromatic carbocycles. The Kier molecular flexibility index (Phi) is 3.52. The molecule has 0 aromatic heterocycles. The molecule has 1 aliphatic rings. The van der Waals surface area contributed by atoms with Gasteiger partial charge in [0.15, 0.2) is 0 Å². The Hall–Kier alpha value is -0.500. The van der Waals surface area contributed by atoms with Crippen molar-refractivity contribution < 1.29 is 4.74 Å². The van der Waals surface area contributed by atoms with Crippen molar-refractivity contribution >= 4 is 15.9 Å². The molecule has 2 rings (SSSR count). The van der Waals surface area contributed by atoms with E-state index in [2.05, 4.69) is 74.8 Å². The van der Waals surface area contributed by atoms with Gasteiger partial charge in [0, 0.05) is 10.2 Å². The highest BCUT2D eigenvalue weighted by Crippen LogP contribution is 2.48. The molecule has 0 heterocycles. The van der Waals surface area contributed by atoms with Crippen LogP contribution in [-0.4, -0.2) is 10.9 Å². The summed E-state index contributed by atoms with van der Waals surface area (Å²) in [7, 11) is 0. The standard InChI is InChI=1S/C16H23BrO/c1-15(2,3)11-8-6-7-9-12(11)18-14-10-13(17)16(14,4)5/h6-9,13-14H,10H2,1-5H3. The lowest BCUT2D eigenvalue weighted by Gasteiger charge is -2.49. The lowest BCUT2D eigenvalue weighted by molar-refractivity contribution is -0.00888. The number of alkyl halides is 1. The summed E-state index contributed by atoms with van der Waals surface area (Å²) in [5, 5.41) is 0. The van der Waals surface area contributed by atoms with E-state index in [1.54, 1.807) is 0 Å². The summed E-state index contributed by atoms with van der Waals surface area (Å²) in [5.74, 6) is 1.04. The molecule has 0 saturated heterocycles. The second-order valence-electron chi connectivity index (χ2n) is 6.88. The molecule has 2 unspecified atom stereocenters. The molecule has 1 fully saturated rings. The minimum Gasteiger partial charge on any atom is -0.489 e. The van der Waals surface area contributed by atoms with Gasteiger partial charge in [0.1, 0.15) is 11.9 Å². The van der Waals surface area contributed by atoms with Gasteiger partial charge in [-0.15, -0.1) is 0 Å². The SMILES string of the molecule is CC(C)(C)c1ccccc1OC1CC(Br)C1(C)C. The summed E-state index contributed by atoms with van der Waals surface area (Å²) >= 11 is 3.71. The highest BCUT2D eigenvalue weighted by atomic mass is 79.9. The molecule has 0 amide bonds. The summed E-state index contributed by atoms with van der Waals surface area (Å²) in [6, 6.07) is 8.42. The molecule has 0 aliphatic heterocycles. The van der Waals surface area contributed by atoms with Gasteiger partial charge in [-0.05, 0) is 23.5 Å². The van der Waals surface area contributed by atoms with Gasteiger partial charge in [-0.1, -0.05) is 68.7 Å². The first kappa shape index (κ1) is 13.9. The number of hydrogen-bond acceptors (Lipinski definition) is 1. The predicted molar refractivity (Wildman–Crippen MR) is 80.7 cm³/mol. The van der Waals surface area contributed by atoms with Crippen molar-refractivity contribution in [1.82, 2.24) is 0 Å². The molecule has 2 atom stereocenters. The van der Waals surface area contributed by atoms with Crippen LogP contribution in [0.4, 0.5) is 0 Å². The smallest absolute Gasteiger partial charge is 0.123 e. The fourth-order valence-corrected chi connectivity index (χ4v) is 3.01. The van der Waals surface area contributed by atoms with Crippen LogP contribution in [0.5, 0.6) is 5.75 Å². The lowest BCUT2D eigenvalue weighted by Crippen LogP contribution is -2.53. The molecule has 0 spiro atoms. The van der Waals surface area contributed by atoms with Crippen LogP contribution in [0.25, 0.3) is 0 Å². The van der Waals surface area contributed by atoms with Gasteiger partial charge in [0.2, 0.25) is 0 Å². The monoisotopic (exact) mass is 310 g/mol. The minimum absolute atomic E-state index is 0.123. The van der Waals surface area contributed by atoms with Crippen LogP contribution in [0.1, 0.15) is 46.6 Å². The first-order chi connectivity index (χ1) is 8.23. The molecular weight excluding hydrogens is 288 g/mol. The van der Waals surface area contributed by atoms with Crippen LogP contribution in [0, 0.1) is 5.41 Å². The number of benzene rings is 1. The molecular formula is C16H23BrO. The van der Waals surface area contributed by atoms with Crippen molar-refractivity contribution in [3.8, 4) is 5.75 Å². The van der Waals surface area contributed by atoms with Gasteiger partial charge in [0.25, 0.3) is 0 Å². The molecule has 100 valence electrons. The van der Waals surface area contributed by atoms with Crippen LogP contribution >= 0.6 is 15.9 Å². The number of hydrogen-bond donors (Lipinski definition) is 0. The maximum absolute atomic E-state index is 6.26. The molecule has 1 saturated carbocycles. The zero-order chi connectivity index (χ0) is 13.6. The topological polar surface area (TPSA) is 9.23 Å². The van der Waals surface area contributed by atoms with Gasteiger partial charge in [-0.3, -0.25) is 0 Å². The lowest BCUT2D eigenvalue weighted by atomic mass is 9.69. The highest BCUT2D eigenvalue weighted by Gasteiger charge is 2.48. The van der Waals surface area contributed by atoms with E-state index in [1.165, 1.54) is 5.56 Å². The molecule has 1 nitrogen and oxygen atoms in total. The van der Waals surface area contributed by atoms with Crippen LogP contribution in [0.2, 0.25) is 0 Å². The van der Waals surface area contributed by atoms with E-state index in [0.717, 1.165) is 12.2 Å². The molecule has 0 radical (unpaired) electrons. The van der Waals surface area contributed by atoms with Crippen LogP contribution in [-0.2, 0) is 5.41 Å². The summed E-state index contributed by atoms with van der Waals surface area (Å²) in [6.45, 7) is 11.2. The molecule has 1 aromatic rings. The van der Waals surface area contributed by atoms with Gasteiger partial charge in [-0.25, -0.2) is 0 Å². The van der Waals surface area contributed by atoms with E-state index >= 15 is 0 Å². The third-order valence-electron chi connectivity index (χ3n) is 4.02. The fourth-order valence-electron chi connectivity index (χ4n) is 2.38. The van der Waals surface area contributed by atoms with Crippen molar-refractivity contribution in [2.24, 2.45) is 5.41 Å². The average molecular weight is 311 g/mol. The zero-order valence-corrected chi connectivity index (χ0v) is 13.5. The van der Waals surface area contributed by atoms with Crippen molar-refractivity contribution in [3.63, 3.8) is 0 Å². The highest BCUT2D eigenvalue weighted by molar-refractivity contribution is 9.09. The third-order valence-corrected chi connectivity index (χ3v) is 5.58. The Morgan fingerprint density at radius 3 is 2.33 bits per heavy atom. The Morgan fingerprint density at radius 2 is 1.83 bits per heavy atom. The molecule has 18 heavy (non-hydrogen) atoms. The molecule has 0 bridgehead atoms. The van der Waals surface area contributed by atoms with Crippen molar-refractivity contribution in [2.75, 3.05) is 0 Å². The van der Waals surface area contributed by atoms with E-state index in [4.69, 9.17) is 4.74 Å². The van der Waals surface area contributed by atoms with Crippen LogP contribution < -0.4 is 4.74 Å². The first-order valence-electron chi connectivity index (χ1n) is 6.63. The van der Waals surface area contributed by atoms with Crippen molar-refractivity contribution in [1.29, 1.82) is 0 Å². The maximum atomic E-state index is 6.26. The third kappa shape index (κ3) is 2.45. The quantitative estimate of drug-likeness (QED) is 0.704. The average Bonchev–Trinajstić information content (AvgIpc) is 2.28. The fraction of sp³-hybridized carbons (Fsp3) is 0.625. The molecule has 2 heteroatoms. The molecule has 1 aliphatic carbocycles. The second-order valence-corrected chi connectivity index (χ2v) is 7.98.